The van der Waals surface area contributed by atoms with Gasteiger partial charge in [-0.25, -0.2) is 0 Å². The maximum atomic E-state index is 13.7. The molecule has 0 saturated carbocycles. The van der Waals surface area contributed by atoms with Crippen molar-refractivity contribution in [3.63, 3.8) is 0 Å². The van der Waals surface area contributed by atoms with Crippen molar-refractivity contribution in [3.8, 4) is 11.1 Å². The van der Waals surface area contributed by atoms with E-state index in [2.05, 4.69) is 0 Å². The summed E-state index contributed by atoms with van der Waals surface area (Å²) in [6, 6.07) is 18.4. The van der Waals surface area contributed by atoms with Crippen LogP contribution in [0.15, 0.2) is 60.7 Å². The fourth-order valence-corrected chi connectivity index (χ4v) is 3.79. The van der Waals surface area contributed by atoms with E-state index in [1.807, 2.05) is 54.6 Å². The molecule has 3 aromatic carbocycles. The second kappa shape index (κ2) is 6.20. The molecule has 3 aromatic rings. The average molecular weight is 353 g/mol. The summed E-state index contributed by atoms with van der Waals surface area (Å²) in [4.78, 5) is 0. The predicted octanol–water partition coefficient (Wildman–Crippen LogP) is 5.64. The summed E-state index contributed by atoms with van der Waals surface area (Å²) in [6.07, 6.45) is -3.03. The molecule has 4 rings (SSSR count). The van der Waals surface area contributed by atoms with Crippen molar-refractivity contribution in [2.45, 2.75) is 25.4 Å². The van der Waals surface area contributed by atoms with Gasteiger partial charge >= 0.3 is 6.18 Å². The van der Waals surface area contributed by atoms with Crippen molar-refractivity contribution in [2.75, 3.05) is 5.73 Å². The monoisotopic (exact) mass is 353 g/mol. The topological polar surface area (TPSA) is 26.0 Å². The molecule has 0 atom stereocenters. The third kappa shape index (κ3) is 2.85. The molecule has 0 fully saturated rings. The zero-order valence-corrected chi connectivity index (χ0v) is 14.1. The highest BCUT2D eigenvalue weighted by atomic mass is 19.4. The number of nitrogens with two attached hydrogens (primary N) is 1. The van der Waals surface area contributed by atoms with Crippen molar-refractivity contribution in [3.05, 3.63) is 88.5 Å². The van der Waals surface area contributed by atoms with Gasteiger partial charge in [-0.2, -0.15) is 13.2 Å². The van der Waals surface area contributed by atoms with Gasteiger partial charge in [0.05, 0.1) is 5.56 Å². The van der Waals surface area contributed by atoms with E-state index in [1.165, 1.54) is 6.07 Å². The van der Waals surface area contributed by atoms with Gasteiger partial charge in [-0.3, -0.25) is 0 Å². The zero-order chi connectivity index (χ0) is 18.3. The van der Waals surface area contributed by atoms with Crippen LogP contribution in [0.2, 0.25) is 0 Å². The third-order valence-electron chi connectivity index (χ3n) is 5.08. The molecule has 132 valence electrons. The van der Waals surface area contributed by atoms with Crippen LogP contribution in [-0.4, -0.2) is 0 Å². The lowest BCUT2D eigenvalue weighted by Crippen LogP contribution is -2.14. The van der Waals surface area contributed by atoms with E-state index in [9.17, 15) is 13.2 Å². The van der Waals surface area contributed by atoms with Crippen LogP contribution in [0.3, 0.4) is 0 Å². The normalized spacial score (nSPS) is 12.7. The second-order valence-electron chi connectivity index (χ2n) is 6.66. The maximum absolute atomic E-state index is 13.7. The standard InChI is InChI=1S/C22H18F3N/c23-22(24,25)20-13-18-16-9-5-4-8-15(16)12-19(18)21(26)17(20)11-10-14-6-2-1-3-7-14/h1-9,13H,10-12,26H2. The first kappa shape index (κ1) is 16.7. The number of nitrogen functional groups attached to an aromatic ring is 1. The van der Waals surface area contributed by atoms with Gasteiger partial charge in [0.2, 0.25) is 0 Å². The van der Waals surface area contributed by atoms with E-state index < -0.39 is 11.7 Å². The molecule has 0 heterocycles. The largest absolute Gasteiger partial charge is 0.416 e. The van der Waals surface area contributed by atoms with Gasteiger partial charge in [0.15, 0.2) is 0 Å². The average Bonchev–Trinajstić information content (AvgIpc) is 3.00. The molecule has 0 bridgehead atoms. The Hall–Kier alpha value is -2.75. The molecule has 1 aliphatic rings. The minimum Gasteiger partial charge on any atom is -0.398 e. The van der Waals surface area contributed by atoms with E-state index in [1.54, 1.807) is 0 Å². The van der Waals surface area contributed by atoms with E-state index in [4.69, 9.17) is 5.73 Å². The van der Waals surface area contributed by atoms with Gasteiger partial charge in [0, 0.05) is 12.1 Å². The lowest BCUT2D eigenvalue weighted by atomic mass is 9.91. The Balaban J connectivity index is 1.80. The fourth-order valence-electron chi connectivity index (χ4n) is 3.79. The molecule has 0 aliphatic heterocycles. The summed E-state index contributed by atoms with van der Waals surface area (Å²) in [5.74, 6) is 0. The van der Waals surface area contributed by atoms with Crippen LogP contribution in [0.5, 0.6) is 0 Å². The van der Waals surface area contributed by atoms with Crippen LogP contribution < -0.4 is 5.73 Å². The minimum absolute atomic E-state index is 0.216. The molecule has 1 aliphatic carbocycles. The quantitative estimate of drug-likeness (QED) is 0.474. The van der Waals surface area contributed by atoms with Gasteiger partial charge in [-0.1, -0.05) is 54.6 Å². The number of aryl methyl sites for hydroxylation is 1. The number of hydrogen-bond donors (Lipinski definition) is 1. The molecule has 26 heavy (non-hydrogen) atoms. The molecule has 0 aromatic heterocycles. The third-order valence-corrected chi connectivity index (χ3v) is 5.08. The minimum atomic E-state index is -4.42. The van der Waals surface area contributed by atoms with E-state index in [0.717, 1.165) is 22.3 Å². The van der Waals surface area contributed by atoms with Gasteiger partial charge in [-0.05, 0) is 52.3 Å². The molecule has 4 heteroatoms. The molecule has 0 saturated heterocycles. The maximum Gasteiger partial charge on any atom is 0.416 e. The second-order valence-corrected chi connectivity index (χ2v) is 6.66. The van der Waals surface area contributed by atoms with Crippen molar-refractivity contribution < 1.29 is 13.2 Å². The zero-order valence-electron chi connectivity index (χ0n) is 14.1. The molecule has 0 amide bonds. The molecule has 1 nitrogen and oxygen atoms in total. The van der Waals surface area contributed by atoms with Crippen LogP contribution in [0, 0.1) is 0 Å². The Morgan fingerprint density at radius 3 is 2.27 bits per heavy atom. The highest BCUT2D eigenvalue weighted by molar-refractivity contribution is 5.83. The Morgan fingerprint density at radius 2 is 1.54 bits per heavy atom. The van der Waals surface area contributed by atoms with Crippen molar-refractivity contribution in [2.24, 2.45) is 0 Å². The lowest BCUT2D eigenvalue weighted by molar-refractivity contribution is -0.138. The first-order chi connectivity index (χ1) is 12.4. The fraction of sp³-hybridized carbons (Fsp3) is 0.182. The number of hydrogen-bond acceptors (Lipinski definition) is 1. The summed E-state index contributed by atoms with van der Waals surface area (Å²) in [7, 11) is 0. The van der Waals surface area contributed by atoms with E-state index in [-0.39, 0.29) is 12.0 Å². The van der Waals surface area contributed by atoms with Crippen LogP contribution in [0.4, 0.5) is 18.9 Å². The van der Waals surface area contributed by atoms with Gasteiger partial charge < -0.3 is 5.73 Å². The SMILES string of the molecule is Nc1c2c(cc(C(F)(F)F)c1CCc1ccccc1)-c1ccccc1C2. The number of anilines is 1. The van der Waals surface area contributed by atoms with Crippen molar-refractivity contribution in [1.82, 2.24) is 0 Å². The van der Waals surface area contributed by atoms with Crippen LogP contribution >= 0.6 is 0 Å². The van der Waals surface area contributed by atoms with Crippen LogP contribution in [-0.2, 0) is 25.4 Å². The Kier molecular flexibility index (Phi) is 3.98. The van der Waals surface area contributed by atoms with Gasteiger partial charge in [0.1, 0.15) is 0 Å². The molecule has 0 unspecified atom stereocenters. The summed E-state index contributed by atoms with van der Waals surface area (Å²) in [5.41, 5.74) is 10.5. The molecular formula is C22H18F3N. The first-order valence-electron chi connectivity index (χ1n) is 8.59. The van der Waals surface area contributed by atoms with Gasteiger partial charge in [-0.15, -0.1) is 0 Å². The van der Waals surface area contributed by atoms with Crippen LogP contribution in [0.1, 0.15) is 27.8 Å². The van der Waals surface area contributed by atoms with Crippen molar-refractivity contribution >= 4 is 5.69 Å². The van der Waals surface area contributed by atoms with E-state index in [0.29, 0.717) is 24.1 Å². The number of alkyl halides is 3. The first-order valence-corrected chi connectivity index (χ1v) is 8.59. The van der Waals surface area contributed by atoms with Crippen molar-refractivity contribution in [1.29, 1.82) is 0 Å². The molecular weight excluding hydrogens is 335 g/mol. The molecule has 0 radical (unpaired) electrons. The summed E-state index contributed by atoms with van der Waals surface area (Å²) < 4.78 is 41.2. The number of fused-ring (bicyclic) bond motifs is 3. The highest BCUT2D eigenvalue weighted by Gasteiger charge is 2.37. The molecule has 0 spiro atoms. The van der Waals surface area contributed by atoms with E-state index >= 15 is 0 Å². The smallest absolute Gasteiger partial charge is 0.398 e. The number of rotatable bonds is 3. The number of halogens is 3. The van der Waals surface area contributed by atoms with Gasteiger partial charge in [0.25, 0.3) is 0 Å². The lowest BCUT2D eigenvalue weighted by Gasteiger charge is -2.19. The van der Waals surface area contributed by atoms with Crippen LogP contribution in [0.25, 0.3) is 11.1 Å². The number of benzene rings is 3. The Morgan fingerprint density at radius 1 is 0.846 bits per heavy atom. The Bertz CT molecular complexity index is 959. The molecule has 2 N–H and O–H groups in total. The predicted molar refractivity (Wildman–Crippen MR) is 97.9 cm³/mol. The Labute approximate surface area is 150 Å². The summed E-state index contributed by atoms with van der Waals surface area (Å²) >= 11 is 0. The highest BCUT2D eigenvalue weighted by Crippen LogP contribution is 2.46. The summed E-state index contributed by atoms with van der Waals surface area (Å²) in [6.45, 7) is 0. The summed E-state index contributed by atoms with van der Waals surface area (Å²) in [5, 5.41) is 0.